The van der Waals surface area contributed by atoms with Crippen LogP contribution in [0.3, 0.4) is 0 Å². The lowest BCUT2D eigenvalue weighted by atomic mass is 10.1. The second-order valence-corrected chi connectivity index (χ2v) is 5.06. The van der Waals surface area contributed by atoms with Crippen molar-refractivity contribution in [2.75, 3.05) is 20.3 Å². The van der Waals surface area contributed by atoms with E-state index in [2.05, 4.69) is 30.6 Å². The van der Waals surface area contributed by atoms with Crippen molar-refractivity contribution in [2.24, 2.45) is 0 Å². The van der Waals surface area contributed by atoms with Crippen molar-refractivity contribution >= 4 is 11.3 Å². The van der Waals surface area contributed by atoms with Crippen LogP contribution in [-0.4, -0.2) is 20.3 Å². The summed E-state index contributed by atoms with van der Waals surface area (Å²) in [7, 11) is 1.77. The van der Waals surface area contributed by atoms with Gasteiger partial charge in [0.2, 0.25) is 0 Å². The van der Waals surface area contributed by atoms with E-state index < -0.39 is 0 Å². The van der Waals surface area contributed by atoms with E-state index in [9.17, 15) is 0 Å². The summed E-state index contributed by atoms with van der Waals surface area (Å²) < 4.78 is 5.12. The molecule has 1 aromatic heterocycles. The van der Waals surface area contributed by atoms with Crippen LogP contribution in [-0.2, 0) is 4.74 Å². The summed E-state index contributed by atoms with van der Waals surface area (Å²) >= 11 is 1.86. The van der Waals surface area contributed by atoms with E-state index >= 15 is 0 Å². The van der Waals surface area contributed by atoms with Crippen molar-refractivity contribution in [3.8, 4) is 0 Å². The van der Waals surface area contributed by atoms with Crippen molar-refractivity contribution in [1.29, 1.82) is 0 Å². The van der Waals surface area contributed by atoms with Gasteiger partial charge in [0.1, 0.15) is 0 Å². The first kappa shape index (κ1) is 13.7. The molecule has 3 heteroatoms. The van der Waals surface area contributed by atoms with E-state index in [4.69, 9.17) is 4.74 Å². The highest BCUT2D eigenvalue weighted by molar-refractivity contribution is 7.10. The topological polar surface area (TPSA) is 21.3 Å². The van der Waals surface area contributed by atoms with E-state index in [1.54, 1.807) is 7.11 Å². The third kappa shape index (κ3) is 4.24. The third-order valence-electron chi connectivity index (χ3n) is 2.70. The lowest BCUT2D eigenvalue weighted by molar-refractivity contribution is 0.189. The summed E-state index contributed by atoms with van der Waals surface area (Å²) in [6.45, 7) is 6.35. The van der Waals surface area contributed by atoms with Crippen LogP contribution in [0.1, 0.15) is 42.7 Å². The molecular formula is C13H23NOS. The Bertz CT molecular complexity index is 285. The number of hydrogen-bond donors (Lipinski definition) is 1. The Kier molecular flexibility index (Phi) is 6.69. The van der Waals surface area contributed by atoms with Gasteiger partial charge < -0.3 is 10.1 Å². The Morgan fingerprint density at radius 2 is 2.31 bits per heavy atom. The molecule has 0 bridgehead atoms. The first-order valence-electron chi connectivity index (χ1n) is 6.06. The van der Waals surface area contributed by atoms with Gasteiger partial charge in [-0.05, 0) is 49.7 Å². The second-order valence-electron chi connectivity index (χ2n) is 4.11. The fourth-order valence-corrected chi connectivity index (χ4v) is 2.86. The fourth-order valence-electron chi connectivity index (χ4n) is 1.82. The summed E-state index contributed by atoms with van der Waals surface area (Å²) in [5.41, 5.74) is 1.41. The largest absolute Gasteiger partial charge is 0.385 e. The van der Waals surface area contributed by atoms with Gasteiger partial charge in [-0.3, -0.25) is 0 Å². The molecule has 0 aliphatic rings. The molecule has 1 atom stereocenters. The third-order valence-corrected chi connectivity index (χ3v) is 3.83. The van der Waals surface area contributed by atoms with Crippen LogP contribution in [0.15, 0.2) is 11.4 Å². The summed E-state index contributed by atoms with van der Waals surface area (Å²) in [5, 5.41) is 5.81. The van der Waals surface area contributed by atoms with Gasteiger partial charge in [0.05, 0.1) is 0 Å². The Balaban J connectivity index is 2.53. The zero-order valence-corrected chi connectivity index (χ0v) is 11.4. The molecule has 16 heavy (non-hydrogen) atoms. The number of methoxy groups -OCH3 is 1. The molecule has 0 radical (unpaired) electrons. The van der Waals surface area contributed by atoms with E-state index in [-0.39, 0.29) is 0 Å². The molecule has 0 aromatic carbocycles. The predicted molar refractivity (Wildman–Crippen MR) is 71.2 cm³/mol. The maximum atomic E-state index is 5.12. The normalized spacial score (nSPS) is 12.9. The number of hydrogen-bond acceptors (Lipinski definition) is 3. The molecule has 0 aliphatic heterocycles. The molecule has 1 rings (SSSR count). The van der Waals surface area contributed by atoms with Gasteiger partial charge in [0.15, 0.2) is 0 Å². The molecule has 1 heterocycles. The van der Waals surface area contributed by atoms with E-state index in [0.29, 0.717) is 6.04 Å². The SMILES string of the molecule is CCCNC(CCCOC)c1sccc1C. The quantitative estimate of drug-likeness (QED) is 0.703. The highest BCUT2D eigenvalue weighted by atomic mass is 32.1. The van der Waals surface area contributed by atoms with Crippen LogP contribution in [0.2, 0.25) is 0 Å². The summed E-state index contributed by atoms with van der Waals surface area (Å²) in [4.78, 5) is 1.49. The number of nitrogens with one attached hydrogen (secondary N) is 1. The van der Waals surface area contributed by atoms with Crippen molar-refractivity contribution in [3.63, 3.8) is 0 Å². The van der Waals surface area contributed by atoms with E-state index in [0.717, 1.165) is 26.0 Å². The van der Waals surface area contributed by atoms with Crippen LogP contribution in [0.4, 0.5) is 0 Å². The molecule has 1 unspecified atom stereocenters. The fraction of sp³-hybridized carbons (Fsp3) is 0.692. The van der Waals surface area contributed by atoms with Gasteiger partial charge in [-0.1, -0.05) is 6.92 Å². The van der Waals surface area contributed by atoms with Crippen molar-refractivity contribution in [1.82, 2.24) is 5.32 Å². The van der Waals surface area contributed by atoms with Crippen LogP contribution in [0.25, 0.3) is 0 Å². The summed E-state index contributed by atoms with van der Waals surface area (Å²) in [5.74, 6) is 0. The van der Waals surface area contributed by atoms with Crippen LogP contribution in [0, 0.1) is 6.92 Å². The zero-order valence-electron chi connectivity index (χ0n) is 10.6. The zero-order chi connectivity index (χ0) is 11.8. The van der Waals surface area contributed by atoms with Gasteiger partial charge in [-0.25, -0.2) is 0 Å². The first-order valence-corrected chi connectivity index (χ1v) is 6.93. The summed E-state index contributed by atoms with van der Waals surface area (Å²) in [6.07, 6.45) is 3.47. The van der Waals surface area contributed by atoms with Crippen molar-refractivity contribution in [2.45, 2.75) is 39.2 Å². The van der Waals surface area contributed by atoms with E-state index in [1.807, 2.05) is 11.3 Å². The molecule has 0 amide bonds. The Labute approximate surface area is 103 Å². The monoisotopic (exact) mass is 241 g/mol. The van der Waals surface area contributed by atoms with Crippen LogP contribution < -0.4 is 5.32 Å². The molecule has 0 aliphatic carbocycles. The molecule has 0 spiro atoms. The lowest BCUT2D eigenvalue weighted by Gasteiger charge is -2.18. The maximum Gasteiger partial charge on any atom is 0.0462 e. The molecule has 1 aromatic rings. The molecule has 0 saturated carbocycles. The highest BCUT2D eigenvalue weighted by Gasteiger charge is 2.13. The lowest BCUT2D eigenvalue weighted by Crippen LogP contribution is -2.22. The number of ether oxygens (including phenoxy) is 1. The number of thiophene rings is 1. The van der Waals surface area contributed by atoms with Gasteiger partial charge in [0.25, 0.3) is 0 Å². The second kappa shape index (κ2) is 7.82. The van der Waals surface area contributed by atoms with E-state index in [1.165, 1.54) is 16.9 Å². The van der Waals surface area contributed by atoms with Crippen LogP contribution in [0.5, 0.6) is 0 Å². The smallest absolute Gasteiger partial charge is 0.0462 e. The van der Waals surface area contributed by atoms with Crippen molar-refractivity contribution in [3.05, 3.63) is 21.9 Å². The Morgan fingerprint density at radius 1 is 1.50 bits per heavy atom. The van der Waals surface area contributed by atoms with Gasteiger partial charge in [-0.15, -0.1) is 11.3 Å². The number of aryl methyl sites for hydroxylation is 1. The average Bonchev–Trinajstić information content (AvgIpc) is 2.70. The van der Waals surface area contributed by atoms with Gasteiger partial charge in [-0.2, -0.15) is 0 Å². The molecule has 92 valence electrons. The summed E-state index contributed by atoms with van der Waals surface area (Å²) in [6, 6.07) is 2.71. The molecule has 2 nitrogen and oxygen atoms in total. The maximum absolute atomic E-state index is 5.12. The standard InChI is InChI=1S/C13H23NOS/c1-4-8-14-12(6-5-9-15-3)13-11(2)7-10-16-13/h7,10,12,14H,4-6,8-9H2,1-3H3. The predicted octanol–water partition coefficient (Wildman–Crippen LogP) is 3.52. The molecule has 0 saturated heterocycles. The molecule has 1 N–H and O–H groups in total. The van der Waals surface area contributed by atoms with Crippen molar-refractivity contribution < 1.29 is 4.74 Å². The average molecular weight is 241 g/mol. The number of rotatable bonds is 8. The minimum atomic E-state index is 0.509. The molecular weight excluding hydrogens is 218 g/mol. The minimum absolute atomic E-state index is 0.509. The Hall–Kier alpha value is -0.380. The minimum Gasteiger partial charge on any atom is -0.385 e. The van der Waals surface area contributed by atoms with Gasteiger partial charge in [0, 0.05) is 24.6 Å². The highest BCUT2D eigenvalue weighted by Crippen LogP contribution is 2.27. The molecule has 0 fully saturated rings. The first-order chi connectivity index (χ1) is 7.79. The van der Waals surface area contributed by atoms with Crippen LogP contribution >= 0.6 is 11.3 Å². The Morgan fingerprint density at radius 3 is 2.88 bits per heavy atom. The van der Waals surface area contributed by atoms with Gasteiger partial charge >= 0.3 is 0 Å².